The molecule has 1 aromatic carbocycles. The Bertz CT molecular complexity index is 821. The molecule has 0 spiro atoms. The maximum Gasteiger partial charge on any atom is 0.410 e. The van der Waals surface area contributed by atoms with E-state index in [-0.39, 0.29) is 19.8 Å². The molecule has 10 heteroatoms. The molecule has 1 aliphatic rings. The molecule has 0 bridgehead atoms. The van der Waals surface area contributed by atoms with E-state index < -0.39 is 17.7 Å². The van der Waals surface area contributed by atoms with Crippen LogP contribution >= 0.6 is 11.7 Å². The molecule has 1 fully saturated rings. The first-order valence-corrected chi connectivity index (χ1v) is 11.0. The molecule has 1 atom stereocenters. The molecule has 0 radical (unpaired) electrons. The third-order valence-corrected chi connectivity index (χ3v) is 5.30. The van der Waals surface area contributed by atoms with Crippen LogP contribution in [0.2, 0.25) is 0 Å². The highest BCUT2D eigenvalue weighted by molar-refractivity contribution is 6.99. The average Bonchev–Trinajstić information content (AvgIpc) is 3.23. The molecule has 0 saturated carbocycles. The SMILES string of the molecule is CC(C)(C)N(C[C@@H](O)COc1nsnc1N1CCOCC1)C(=O)OCc1ccccc1. The van der Waals surface area contributed by atoms with Crippen molar-refractivity contribution in [1.29, 1.82) is 0 Å². The van der Waals surface area contributed by atoms with Crippen molar-refractivity contribution in [3.8, 4) is 5.88 Å². The van der Waals surface area contributed by atoms with Gasteiger partial charge in [-0.05, 0) is 26.3 Å². The van der Waals surface area contributed by atoms with E-state index in [1.807, 2.05) is 51.1 Å². The van der Waals surface area contributed by atoms with Crippen LogP contribution in [-0.2, 0) is 16.1 Å². The number of aliphatic hydroxyl groups excluding tert-OH is 1. The fourth-order valence-electron chi connectivity index (χ4n) is 3.09. The van der Waals surface area contributed by atoms with E-state index in [1.165, 1.54) is 4.90 Å². The Morgan fingerprint density at radius 1 is 1.26 bits per heavy atom. The minimum Gasteiger partial charge on any atom is -0.472 e. The van der Waals surface area contributed by atoms with Crippen molar-refractivity contribution in [3.05, 3.63) is 35.9 Å². The van der Waals surface area contributed by atoms with E-state index in [2.05, 4.69) is 13.6 Å². The first kappa shape index (κ1) is 23.2. The number of anilines is 1. The standard InChI is InChI=1S/C21H30N4O5S/c1-21(2,3)25(20(27)30-14-16-7-5-4-6-8-16)13-17(26)15-29-19-18(22-31-23-19)24-9-11-28-12-10-24/h4-8,17,26H,9-15H2,1-3H3/t17-/m1/s1. The van der Waals surface area contributed by atoms with Gasteiger partial charge in [0.25, 0.3) is 5.88 Å². The minimum absolute atomic E-state index is 0.0126. The number of nitrogens with zero attached hydrogens (tertiary/aromatic N) is 4. The summed E-state index contributed by atoms with van der Waals surface area (Å²) < 4.78 is 25.1. The second-order valence-electron chi connectivity index (χ2n) is 8.28. The van der Waals surface area contributed by atoms with Crippen molar-refractivity contribution in [1.82, 2.24) is 13.6 Å². The maximum atomic E-state index is 12.7. The van der Waals surface area contributed by atoms with E-state index in [0.29, 0.717) is 24.9 Å². The molecule has 1 aliphatic heterocycles. The topological polar surface area (TPSA) is 97.3 Å². The Hall–Kier alpha value is -2.43. The van der Waals surface area contributed by atoms with Crippen LogP contribution in [0.15, 0.2) is 30.3 Å². The molecule has 9 nitrogen and oxygen atoms in total. The van der Waals surface area contributed by atoms with Crippen LogP contribution in [0.5, 0.6) is 5.88 Å². The summed E-state index contributed by atoms with van der Waals surface area (Å²) in [5.74, 6) is 1.05. The summed E-state index contributed by atoms with van der Waals surface area (Å²) in [6.45, 7) is 8.61. The zero-order valence-electron chi connectivity index (χ0n) is 18.2. The third kappa shape index (κ3) is 6.78. The quantitative estimate of drug-likeness (QED) is 0.655. The highest BCUT2D eigenvalue weighted by Crippen LogP contribution is 2.26. The van der Waals surface area contributed by atoms with Crippen molar-refractivity contribution < 1.29 is 24.1 Å². The van der Waals surface area contributed by atoms with Crippen molar-refractivity contribution >= 4 is 23.6 Å². The van der Waals surface area contributed by atoms with Gasteiger partial charge in [-0.1, -0.05) is 30.3 Å². The second kappa shape index (κ2) is 10.7. The summed E-state index contributed by atoms with van der Waals surface area (Å²) >= 11 is 1.07. The highest BCUT2D eigenvalue weighted by atomic mass is 32.1. The number of morpholine rings is 1. The van der Waals surface area contributed by atoms with Gasteiger partial charge in [0, 0.05) is 18.6 Å². The van der Waals surface area contributed by atoms with Crippen LogP contribution < -0.4 is 9.64 Å². The van der Waals surface area contributed by atoms with Gasteiger partial charge in [-0.25, -0.2) is 4.79 Å². The Balaban J connectivity index is 1.54. The molecule has 0 unspecified atom stereocenters. The predicted molar refractivity (Wildman–Crippen MR) is 118 cm³/mol. The smallest absolute Gasteiger partial charge is 0.410 e. The first-order chi connectivity index (χ1) is 14.8. The zero-order chi connectivity index (χ0) is 22.3. The van der Waals surface area contributed by atoms with Crippen molar-refractivity contribution in [2.24, 2.45) is 0 Å². The normalized spacial score (nSPS) is 15.4. The van der Waals surface area contributed by atoms with Crippen molar-refractivity contribution in [2.75, 3.05) is 44.4 Å². The summed E-state index contributed by atoms with van der Waals surface area (Å²) in [5.41, 5.74) is 0.371. The fraction of sp³-hybridized carbons (Fsp3) is 0.571. The lowest BCUT2D eigenvalue weighted by Crippen LogP contribution is -2.50. The molecular formula is C21H30N4O5S. The van der Waals surface area contributed by atoms with Gasteiger partial charge in [-0.15, -0.1) is 4.37 Å². The number of benzene rings is 1. The Morgan fingerprint density at radius 2 is 1.97 bits per heavy atom. The Morgan fingerprint density at radius 3 is 2.65 bits per heavy atom. The van der Waals surface area contributed by atoms with Gasteiger partial charge in [0.1, 0.15) is 19.3 Å². The van der Waals surface area contributed by atoms with Crippen LogP contribution in [0, 0.1) is 0 Å². The molecule has 31 heavy (non-hydrogen) atoms. The number of carbonyl (C=O) groups excluding carboxylic acids is 1. The molecular weight excluding hydrogens is 420 g/mol. The van der Waals surface area contributed by atoms with Crippen molar-refractivity contribution in [3.63, 3.8) is 0 Å². The number of aromatic nitrogens is 2. The number of hydrogen-bond acceptors (Lipinski definition) is 9. The third-order valence-electron chi connectivity index (χ3n) is 4.79. The average molecular weight is 451 g/mol. The van der Waals surface area contributed by atoms with E-state index in [1.54, 1.807) is 0 Å². The number of ether oxygens (including phenoxy) is 3. The summed E-state index contributed by atoms with van der Waals surface area (Å²) in [6.07, 6.45) is -1.40. The molecule has 3 rings (SSSR count). The monoisotopic (exact) mass is 450 g/mol. The fourth-order valence-corrected chi connectivity index (χ4v) is 3.61. The maximum absolute atomic E-state index is 12.7. The molecule has 1 aromatic heterocycles. The van der Waals surface area contributed by atoms with E-state index >= 15 is 0 Å². The zero-order valence-corrected chi connectivity index (χ0v) is 19.0. The van der Waals surface area contributed by atoms with Crippen LogP contribution in [0.4, 0.5) is 10.6 Å². The van der Waals surface area contributed by atoms with Gasteiger partial charge in [-0.2, -0.15) is 4.37 Å². The van der Waals surface area contributed by atoms with Crippen LogP contribution in [0.3, 0.4) is 0 Å². The largest absolute Gasteiger partial charge is 0.472 e. The number of β-amino-alcohol motifs (C(OH)–C–C–N with tert-alkyl or cyclic N) is 1. The summed E-state index contributed by atoms with van der Waals surface area (Å²) in [6, 6.07) is 9.48. The lowest BCUT2D eigenvalue weighted by molar-refractivity contribution is 0.0193. The highest BCUT2D eigenvalue weighted by Gasteiger charge is 2.30. The number of hydrogen-bond donors (Lipinski definition) is 1. The van der Waals surface area contributed by atoms with Gasteiger partial charge in [0.15, 0.2) is 0 Å². The molecule has 2 heterocycles. The summed E-state index contributed by atoms with van der Waals surface area (Å²) in [5, 5.41) is 10.6. The van der Waals surface area contributed by atoms with Gasteiger partial charge in [0.05, 0.1) is 31.5 Å². The molecule has 1 amide bonds. The van der Waals surface area contributed by atoms with Crippen molar-refractivity contribution in [2.45, 2.75) is 39.0 Å². The van der Waals surface area contributed by atoms with Gasteiger partial charge in [0.2, 0.25) is 5.82 Å². The molecule has 0 aliphatic carbocycles. The summed E-state index contributed by atoms with van der Waals surface area (Å²) in [7, 11) is 0. The molecule has 1 saturated heterocycles. The van der Waals surface area contributed by atoms with Crippen LogP contribution in [-0.4, -0.2) is 75.9 Å². The predicted octanol–water partition coefficient (Wildman–Crippen LogP) is 2.55. The Labute approximate surface area is 186 Å². The van der Waals surface area contributed by atoms with E-state index in [4.69, 9.17) is 14.2 Å². The first-order valence-electron chi connectivity index (χ1n) is 10.3. The van der Waals surface area contributed by atoms with Gasteiger partial charge < -0.3 is 29.1 Å². The molecule has 2 aromatic rings. The van der Waals surface area contributed by atoms with Gasteiger partial charge >= 0.3 is 6.09 Å². The molecule has 1 N–H and O–H groups in total. The lowest BCUT2D eigenvalue weighted by Gasteiger charge is -2.36. The molecule has 170 valence electrons. The number of rotatable bonds is 8. The number of amides is 1. The number of carbonyl (C=O) groups is 1. The van der Waals surface area contributed by atoms with Crippen LogP contribution in [0.25, 0.3) is 0 Å². The lowest BCUT2D eigenvalue weighted by atomic mass is 10.1. The van der Waals surface area contributed by atoms with E-state index in [9.17, 15) is 9.90 Å². The minimum atomic E-state index is -0.914. The van der Waals surface area contributed by atoms with Gasteiger partial charge in [-0.3, -0.25) is 0 Å². The van der Waals surface area contributed by atoms with E-state index in [0.717, 1.165) is 30.4 Å². The summed E-state index contributed by atoms with van der Waals surface area (Å²) in [4.78, 5) is 16.3. The Kier molecular flexibility index (Phi) is 8.05. The van der Waals surface area contributed by atoms with Crippen LogP contribution in [0.1, 0.15) is 26.3 Å². The number of aliphatic hydroxyl groups is 1. The second-order valence-corrected chi connectivity index (χ2v) is 8.81.